The summed E-state index contributed by atoms with van der Waals surface area (Å²) in [7, 11) is 0. The highest BCUT2D eigenvalue weighted by Gasteiger charge is 2.24. The Morgan fingerprint density at radius 1 is 1.13 bits per heavy atom. The first-order valence-corrected chi connectivity index (χ1v) is 12.0. The molecule has 1 aliphatic carbocycles. The van der Waals surface area contributed by atoms with Crippen LogP contribution in [0.5, 0.6) is 0 Å². The lowest BCUT2D eigenvalue weighted by Gasteiger charge is -2.26. The first kappa shape index (κ1) is 23.3. The standard InChI is InChI=1S/C23H33N5O2S/c1-23(2,3)17-13-11-16(12-14-17)20-26-27-22(28(20)18-8-5-4-6-9-18)31-15-7-10-19(29)25-21(24)30/h11-14,18H,4-10,15H2,1-3H3,(H3,24,25,29,30). The molecule has 168 valence electrons. The molecule has 1 heterocycles. The first-order chi connectivity index (χ1) is 14.8. The molecule has 0 saturated heterocycles. The van der Waals surface area contributed by atoms with Gasteiger partial charge in [-0.3, -0.25) is 14.7 Å². The summed E-state index contributed by atoms with van der Waals surface area (Å²) in [5.41, 5.74) is 7.47. The Hall–Kier alpha value is -2.35. The minimum atomic E-state index is -0.809. The molecule has 8 heteroatoms. The summed E-state index contributed by atoms with van der Waals surface area (Å²) in [6.45, 7) is 6.64. The highest BCUT2D eigenvalue weighted by molar-refractivity contribution is 7.99. The third kappa shape index (κ3) is 6.32. The summed E-state index contributed by atoms with van der Waals surface area (Å²) >= 11 is 1.62. The predicted molar refractivity (Wildman–Crippen MR) is 124 cm³/mol. The summed E-state index contributed by atoms with van der Waals surface area (Å²) < 4.78 is 2.30. The van der Waals surface area contributed by atoms with Gasteiger partial charge in [-0.15, -0.1) is 10.2 Å². The fourth-order valence-corrected chi connectivity index (χ4v) is 4.90. The van der Waals surface area contributed by atoms with Crippen molar-refractivity contribution < 1.29 is 9.59 Å². The lowest BCUT2D eigenvalue weighted by molar-refractivity contribution is -0.119. The Kier molecular flexibility index (Phi) is 7.75. The highest BCUT2D eigenvalue weighted by atomic mass is 32.2. The fourth-order valence-electron chi connectivity index (χ4n) is 3.96. The number of carbonyl (C=O) groups excluding carboxylic acids is 2. The molecule has 1 aliphatic rings. The number of nitrogens with two attached hydrogens (primary N) is 1. The van der Waals surface area contributed by atoms with E-state index in [4.69, 9.17) is 5.73 Å². The number of amides is 3. The van der Waals surface area contributed by atoms with Crippen LogP contribution in [0, 0.1) is 0 Å². The molecule has 1 fully saturated rings. The van der Waals surface area contributed by atoms with Gasteiger partial charge in [0.25, 0.3) is 0 Å². The van der Waals surface area contributed by atoms with Crippen molar-refractivity contribution in [2.75, 3.05) is 5.75 Å². The summed E-state index contributed by atoms with van der Waals surface area (Å²) in [5.74, 6) is 1.29. The van der Waals surface area contributed by atoms with Crippen LogP contribution < -0.4 is 11.1 Å². The van der Waals surface area contributed by atoms with E-state index in [1.807, 2.05) is 0 Å². The van der Waals surface area contributed by atoms with Crippen LogP contribution in [0.15, 0.2) is 29.4 Å². The molecule has 1 aromatic heterocycles. The number of rotatable bonds is 7. The largest absolute Gasteiger partial charge is 0.351 e. The molecule has 1 saturated carbocycles. The topological polar surface area (TPSA) is 103 Å². The number of thioether (sulfide) groups is 1. The predicted octanol–water partition coefficient (Wildman–Crippen LogP) is 4.82. The number of carbonyl (C=O) groups is 2. The van der Waals surface area contributed by atoms with Gasteiger partial charge in [0.15, 0.2) is 11.0 Å². The maximum absolute atomic E-state index is 11.6. The van der Waals surface area contributed by atoms with Crippen LogP contribution in [0.2, 0.25) is 0 Å². The number of imide groups is 1. The van der Waals surface area contributed by atoms with Gasteiger partial charge in [-0.2, -0.15) is 0 Å². The summed E-state index contributed by atoms with van der Waals surface area (Å²) in [4.78, 5) is 22.4. The monoisotopic (exact) mass is 443 g/mol. The van der Waals surface area contributed by atoms with Crippen LogP contribution in [0.1, 0.15) is 77.3 Å². The molecule has 0 spiro atoms. The van der Waals surface area contributed by atoms with Crippen LogP contribution in [-0.2, 0) is 10.2 Å². The average molecular weight is 444 g/mol. The summed E-state index contributed by atoms with van der Waals surface area (Å²) in [5, 5.41) is 12.1. The van der Waals surface area contributed by atoms with Gasteiger partial charge >= 0.3 is 6.03 Å². The molecule has 2 aromatic rings. The maximum atomic E-state index is 11.6. The van der Waals surface area contributed by atoms with Gasteiger partial charge in [0, 0.05) is 23.8 Å². The lowest BCUT2D eigenvalue weighted by Crippen LogP contribution is -2.34. The number of urea groups is 1. The Morgan fingerprint density at radius 2 is 1.81 bits per heavy atom. The van der Waals surface area contributed by atoms with Crippen LogP contribution in [0.25, 0.3) is 11.4 Å². The minimum Gasteiger partial charge on any atom is -0.351 e. The average Bonchev–Trinajstić information content (AvgIpc) is 3.14. The van der Waals surface area contributed by atoms with Gasteiger partial charge in [0.05, 0.1) is 0 Å². The van der Waals surface area contributed by atoms with E-state index in [-0.39, 0.29) is 17.7 Å². The summed E-state index contributed by atoms with van der Waals surface area (Å²) in [6, 6.07) is 8.25. The third-order valence-electron chi connectivity index (χ3n) is 5.66. The zero-order valence-corrected chi connectivity index (χ0v) is 19.5. The van der Waals surface area contributed by atoms with Crippen molar-refractivity contribution in [3.63, 3.8) is 0 Å². The quantitative estimate of drug-likeness (QED) is 0.472. The SMILES string of the molecule is CC(C)(C)c1ccc(-c2nnc(SCCCC(=O)NC(N)=O)n2C2CCCCC2)cc1. The van der Waals surface area contributed by atoms with Crippen molar-refractivity contribution >= 4 is 23.7 Å². The number of nitrogens with one attached hydrogen (secondary N) is 1. The van der Waals surface area contributed by atoms with Gasteiger partial charge in [-0.25, -0.2) is 4.79 Å². The van der Waals surface area contributed by atoms with Crippen molar-refractivity contribution in [2.24, 2.45) is 5.73 Å². The molecule has 7 nitrogen and oxygen atoms in total. The second kappa shape index (κ2) is 10.3. The highest BCUT2D eigenvalue weighted by Crippen LogP contribution is 2.36. The normalized spacial score (nSPS) is 15.1. The van der Waals surface area contributed by atoms with Crippen molar-refractivity contribution in [3.8, 4) is 11.4 Å². The number of primary amides is 1. The zero-order valence-electron chi connectivity index (χ0n) is 18.7. The summed E-state index contributed by atoms with van der Waals surface area (Å²) in [6.07, 6.45) is 6.90. The molecule has 3 N–H and O–H groups in total. The van der Waals surface area contributed by atoms with E-state index in [9.17, 15) is 9.59 Å². The number of benzene rings is 1. The second-order valence-corrected chi connectivity index (χ2v) is 10.2. The van der Waals surface area contributed by atoms with Crippen LogP contribution in [-0.4, -0.2) is 32.5 Å². The van der Waals surface area contributed by atoms with Crippen molar-refractivity contribution in [2.45, 2.75) is 82.3 Å². The Balaban J connectivity index is 1.76. The molecule has 0 atom stereocenters. The smallest absolute Gasteiger partial charge is 0.318 e. The molecule has 0 unspecified atom stereocenters. The van der Waals surface area contributed by atoms with Crippen LogP contribution in [0.3, 0.4) is 0 Å². The fraction of sp³-hybridized carbons (Fsp3) is 0.565. The van der Waals surface area contributed by atoms with E-state index in [2.05, 4.69) is 65.1 Å². The molecule has 3 rings (SSSR count). The maximum Gasteiger partial charge on any atom is 0.318 e. The van der Waals surface area contributed by atoms with Gasteiger partial charge < -0.3 is 5.73 Å². The van der Waals surface area contributed by atoms with Crippen molar-refractivity contribution in [3.05, 3.63) is 29.8 Å². The number of hydrogen-bond donors (Lipinski definition) is 2. The van der Waals surface area contributed by atoms with Gasteiger partial charge in [0.1, 0.15) is 0 Å². The van der Waals surface area contributed by atoms with Gasteiger partial charge in [-0.05, 0) is 30.2 Å². The molecular formula is C23H33N5O2S. The Bertz CT molecular complexity index is 896. The molecule has 0 aliphatic heterocycles. The van der Waals surface area contributed by atoms with E-state index < -0.39 is 6.03 Å². The van der Waals surface area contributed by atoms with Crippen LogP contribution in [0.4, 0.5) is 4.79 Å². The third-order valence-corrected chi connectivity index (χ3v) is 6.68. The number of nitrogens with zero attached hydrogens (tertiary/aromatic N) is 3. The molecule has 31 heavy (non-hydrogen) atoms. The van der Waals surface area contributed by atoms with Crippen molar-refractivity contribution in [1.29, 1.82) is 0 Å². The van der Waals surface area contributed by atoms with E-state index in [1.54, 1.807) is 11.8 Å². The van der Waals surface area contributed by atoms with E-state index in [1.165, 1.54) is 24.8 Å². The van der Waals surface area contributed by atoms with E-state index in [0.717, 1.165) is 35.1 Å². The molecular weight excluding hydrogens is 410 g/mol. The Labute approximate surface area is 188 Å². The number of aromatic nitrogens is 3. The van der Waals surface area contributed by atoms with E-state index >= 15 is 0 Å². The minimum absolute atomic E-state index is 0.109. The zero-order chi connectivity index (χ0) is 22.4. The molecule has 0 bridgehead atoms. The lowest BCUT2D eigenvalue weighted by atomic mass is 9.86. The van der Waals surface area contributed by atoms with E-state index in [0.29, 0.717) is 12.5 Å². The first-order valence-electron chi connectivity index (χ1n) is 11.0. The second-order valence-electron chi connectivity index (χ2n) is 9.16. The molecule has 0 radical (unpaired) electrons. The molecule has 3 amide bonds. The van der Waals surface area contributed by atoms with Crippen molar-refractivity contribution in [1.82, 2.24) is 20.1 Å². The van der Waals surface area contributed by atoms with Gasteiger partial charge in [0.2, 0.25) is 5.91 Å². The number of hydrogen-bond acceptors (Lipinski definition) is 5. The van der Waals surface area contributed by atoms with Gasteiger partial charge in [-0.1, -0.05) is 76.1 Å². The Morgan fingerprint density at radius 3 is 2.42 bits per heavy atom. The van der Waals surface area contributed by atoms with Crippen LogP contribution >= 0.6 is 11.8 Å². The molecule has 1 aromatic carbocycles.